The quantitative estimate of drug-likeness (QED) is 0.211. The van der Waals surface area contributed by atoms with E-state index in [0.717, 1.165) is 29.2 Å². The summed E-state index contributed by atoms with van der Waals surface area (Å²) in [4.78, 5) is 16.7. The summed E-state index contributed by atoms with van der Waals surface area (Å²) in [5.74, 6) is 2.63. The lowest BCUT2D eigenvalue weighted by atomic mass is 9.80. The highest BCUT2D eigenvalue weighted by Crippen LogP contribution is 2.54. The van der Waals surface area contributed by atoms with E-state index in [2.05, 4.69) is 127 Å². The van der Waals surface area contributed by atoms with E-state index in [1.807, 2.05) is 30.0 Å². The van der Waals surface area contributed by atoms with Crippen molar-refractivity contribution in [1.29, 1.82) is 0 Å². The van der Waals surface area contributed by atoms with Gasteiger partial charge in [0.2, 0.25) is 0 Å². The molecule has 0 N–H and O–H groups in total. The standard InChI is InChI=1S/C39H29N3S/c1-4-12-26(13-5-1)27-20-22-30(23-21-27)38-40-37(29-16-8-3-9-17-29)41-39(42-38)31-24-33(28-14-6-2-7-15-28)36-32-18-10-11-19-34(32)43-35(36)25-31/h1-22,24-25,30,35-36H,23H2/t30?,35?,36-/m1/s1. The first-order chi connectivity index (χ1) is 21.3. The maximum atomic E-state index is 5.17. The molecule has 206 valence electrons. The second-order valence-corrected chi connectivity index (χ2v) is 12.3. The van der Waals surface area contributed by atoms with E-state index >= 15 is 0 Å². The topological polar surface area (TPSA) is 38.7 Å². The van der Waals surface area contributed by atoms with Gasteiger partial charge in [0.25, 0.3) is 0 Å². The first kappa shape index (κ1) is 25.9. The van der Waals surface area contributed by atoms with Crippen molar-refractivity contribution < 1.29 is 0 Å². The molecule has 4 aromatic carbocycles. The van der Waals surface area contributed by atoms with Crippen molar-refractivity contribution in [2.24, 2.45) is 0 Å². The van der Waals surface area contributed by atoms with Gasteiger partial charge in [0, 0.05) is 33.1 Å². The van der Waals surface area contributed by atoms with E-state index in [1.165, 1.54) is 32.7 Å². The molecule has 0 saturated heterocycles. The summed E-state index contributed by atoms with van der Waals surface area (Å²) in [7, 11) is 0. The molecular formula is C39H29N3S. The van der Waals surface area contributed by atoms with Crippen LogP contribution in [-0.4, -0.2) is 20.2 Å². The smallest absolute Gasteiger partial charge is 0.163 e. The highest BCUT2D eigenvalue weighted by atomic mass is 32.2. The van der Waals surface area contributed by atoms with Gasteiger partial charge in [0.15, 0.2) is 11.6 Å². The largest absolute Gasteiger partial charge is 0.212 e. The van der Waals surface area contributed by atoms with Gasteiger partial charge in [0.1, 0.15) is 5.82 Å². The Kier molecular flexibility index (Phi) is 6.69. The summed E-state index contributed by atoms with van der Waals surface area (Å²) in [6.45, 7) is 0. The van der Waals surface area contributed by atoms with E-state index in [4.69, 9.17) is 15.0 Å². The molecule has 1 aromatic heterocycles. The molecule has 0 fully saturated rings. The van der Waals surface area contributed by atoms with Gasteiger partial charge in [-0.25, -0.2) is 15.0 Å². The molecule has 8 rings (SSSR count). The molecule has 3 nitrogen and oxygen atoms in total. The molecular weight excluding hydrogens is 543 g/mol. The number of thioether (sulfide) groups is 1. The fourth-order valence-electron chi connectivity index (χ4n) is 6.29. The van der Waals surface area contributed by atoms with Gasteiger partial charge < -0.3 is 0 Å². The van der Waals surface area contributed by atoms with Crippen molar-refractivity contribution in [3.63, 3.8) is 0 Å². The number of hydrogen-bond acceptors (Lipinski definition) is 4. The molecule has 4 heteroatoms. The minimum atomic E-state index is 0.0799. The molecule has 0 amide bonds. The Morgan fingerprint density at radius 2 is 1.26 bits per heavy atom. The van der Waals surface area contributed by atoms with Gasteiger partial charge in [-0.3, -0.25) is 0 Å². The maximum absolute atomic E-state index is 5.17. The maximum Gasteiger partial charge on any atom is 0.163 e. The average Bonchev–Trinajstić information content (AvgIpc) is 3.48. The summed E-state index contributed by atoms with van der Waals surface area (Å²) < 4.78 is 0. The second kappa shape index (κ2) is 11.1. The van der Waals surface area contributed by atoms with Crippen LogP contribution in [-0.2, 0) is 0 Å². The Hall–Kier alpha value is -4.80. The van der Waals surface area contributed by atoms with Crippen molar-refractivity contribution in [3.8, 4) is 11.4 Å². The second-order valence-electron chi connectivity index (χ2n) is 11.1. The van der Waals surface area contributed by atoms with Crippen molar-refractivity contribution >= 4 is 28.5 Å². The summed E-state index contributed by atoms with van der Waals surface area (Å²) in [6, 6.07) is 40.4. The van der Waals surface area contributed by atoms with Gasteiger partial charge in [-0.2, -0.15) is 0 Å². The summed E-state index contributed by atoms with van der Waals surface area (Å²) in [5, 5.41) is 0.277. The van der Waals surface area contributed by atoms with Gasteiger partial charge in [-0.15, -0.1) is 11.8 Å². The molecule has 5 aromatic rings. The van der Waals surface area contributed by atoms with E-state index in [0.29, 0.717) is 11.7 Å². The van der Waals surface area contributed by atoms with Crippen LogP contribution >= 0.6 is 11.8 Å². The van der Waals surface area contributed by atoms with Crippen molar-refractivity contribution in [3.05, 3.63) is 174 Å². The van der Waals surface area contributed by atoms with Crippen LogP contribution in [0.2, 0.25) is 0 Å². The highest BCUT2D eigenvalue weighted by molar-refractivity contribution is 8.00. The van der Waals surface area contributed by atoms with Crippen molar-refractivity contribution in [2.75, 3.05) is 0 Å². The molecule has 43 heavy (non-hydrogen) atoms. The van der Waals surface area contributed by atoms with E-state index in [1.54, 1.807) is 0 Å². The predicted molar refractivity (Wildman–Crippen MR) is 177 cm³/mol. The van der Waals surface area contributed by atoms with Crippen LogP contribution in [0.1, 0.15) is 46.6 Å². The Morgan fingerprint density at radius 3 is 1.98 bits per heavy atom. The SMILES string of the molecule is C1=CC(c2nc(C3=CC4Sc5ccccc5[C@@H]4C(c4ccccc4)=C3)nc(-c3ccccc3)n2)CC=C1c1ccccc1. The minimum absolute atomic E-state index is 0.0799. The Labute approximate surface area is 256 Å². The lowest BCUT2D eigenvalue weighted by Crippen LogP contribution is -2.16. The number of benzene rings is 4. The zero-order chi connectivity index (χ0) is 28.6. The minimum Gasteiger partial charge on any atom is -0.212 e. The highest BCUT2D eigenvalue weighted by Gasteiger charge is 2.38. The first-order valence-electron chi connectivity index (χ1n) is 14.8. The molecule has 3 atom stereocenters. The first-order valence-corrected chi connectivity index (χ1v) is 15.7. The molecule has 0 spiro atoms. The number of aromatic nitrogens is 3. The number of fused-ring (bicyclic) bond motifs is 3. The number of nitrogens with zero attached hydrogens (tertiary/aromatic N) is 3. The Balaban J connectivity index is 1.22. The molecule has 0 radical (unpaired) electrons. The van der Waals surface area contributed by atoms with Crippen LogP contribution in [0.4, 0.5) is 0 Å². The van der Waals surface area contributed by atoms with Crippen LogP contribution in [0.5, 0.6) is 0 Å². The molecule has 1 aliphatic heterocycles. The third kappa shape index (κ3) is 4.98. The number of rotatable bonds is 5. The van der Waals surface area contributed by atoms with Gasteiger partial charge in [-0.05, 0) is 46.4 Å². The zero-order valence-electron chi connectivity index (χ0n) is 23.5. The van der Waals surface area contributed by atoms with Crippen LogP contribution in [0.15, 0.2) is 151 Å². The summed E-state index contributed by atoms with van der Waals surface area (Å²) >= 11 is 1.94. The third-order valence-corrected chi connectivity index (χ3v) is 9.73. The molecule has 2 unspecified atom stereocenters. The Bertz CT molecular complexity index is 1920. The summed E-state index contributed by atoms with van der Waals surface area (Å²) in [6.07, 6.45) is 12.3. The molecule has 0 bridgehead atoms. The lowest BCUT2D eigenvalue weighted by Gasteiger charge is -2.26. The number of hydrogen-bond donors (Lipinski definition) is 0. The summed E-state index contributed by atoms with van der Waals surface area (Å²) in [5.41, 5.74) is 8.48. The number of allylic oxidation sites excluding steroid dienone is 7. The lowest BCUT2D eigenvalue weighted by molar-refractivity contribution is 0.758. The van der Waals surface area contributed by atoms with Gasteiger partial charge >= 0.3 is 0 Å². The van der Waals surface area contributed by atoms with Crippen LogP contribution in [0.3, 0.4) is 0 Å². The molecule has 0 saturated carbocycles. The van der Waals surface area contributed by atoms with E-state index in [9.17, 15) is 0 Å². The van der Waals surface area contributed by atoms with Gasteiger partial charge in [0.05, 0.1) is 0 Å². The fraction of sp³-hybridized carbons (Fsp3) is 0.103. The van der Waals surface area contributed by atoms with E-state index < -0.39 is 0 Å². The molecule has 3 aliphatic rings. The molecule has 2 heterocycles. The average molecular weight is 572 g/mol. The predicted octanol–water partition coefficient (Wildman–Crippen LogP) is 9.40. The monoisotopic (exact) mass is 571 g/mol. The van der Waals surface area contributed by atoms with Crippen LogP contribution < -0.4 is 0 Å². The van der Waals surface area contributed by atoms with E-state index in [-0.39, 0.29) is 11.2 Å². The van der Waals surface area contributed by atoms with Crippen molar-refractivity contribution in [2.45, 2.75) is 28.4 Å². The van der Waals surface area contributed by atoms with Crippen molar-refractivity contribution in [1.82, 2.24) is 15.0 Å². The fourth-order valence-corrected chi connectivity index (χ4v) is 7.71. The normalized spacial score (nSPS) is 20.5. The van der Waals surface area contributed by atoms with Crippen LogP contribution in [0, 0.1) is 0 Å². The van der Waals surface area contributed by atoms with Gasteiger partial charge in [-0.1, -0.05) is 133 Å². The zero-order valence-corrected chi connectivity index (χ0v) is 24.4. The Morgan fingerprint density at radius 1 is 0.605 bits per heavy atom. The third-order valence-electron chi connectivity index (χ3n) is 8.42. The van der Waals surface area contributed by atoms with Crippen LogP contribution in [0.25, 0.3) is 28.1 Å². The molecule has 2 aliphatic carbocycles.